The number of aryl methyl sites for hydroxylation is 1. The van der Waals surface area contributed by atoms with E-state index in [1.165, 1.54) is 7.11 Å². The lowest BCUT2D eigenvalue weighted by molar-refractivity contribution is -0.202. The van der Waals surface area contributed by atoms with Crippen molar-refractivity contribution in [2.75, 3.05) is 14.2 Å². The minimum Gasteiger partial charge on any atom is -0.451 e. The van der Waals surface area contributed by atoms with E-state index in [0.29, 0.717) is 17.0 Å². The highest BCUT2D eigenvalue weighted by Crippen LogP contribution is 2.45. The van der Waals surface area contributed by atoms with Crippen LogP contribution in [0.2, 0.25) is 0 Å². The Morgan fingerprint density at radius 2 is 1.73 bits per heavy atom. The Labute approximate surface area is 128 Å². The molecule has 0 N–H and O–H groups in total. The van der Waals surface area contributed by atoms with E-state index >= 15 is 0 Å². The second-order valence-electron chi connectivity index (χ2n) is 4.90. The molecular formula is C15H18N2O5. The summed E-state index contributed by atoms with van der Waals surface area (Å²) in [5.41, 5.74) is 0.247. The van der Waals surface area contributed by atoms with Gasteiger partial charge in [-0.3, -0.25) is 4.79 Å². The summed E-state index contributed by atoms with van der Waals surface area (Å²) in [6.45, 7) is 3.62. The van der Waals surface area contributed by atoms with Gasteiger partial charge in [-0.05, 0) is 24.5 Å². The summed E-state index contributed by atoms with van der Waals surface area (Å²) < 4.78 is 9.30. The van der Waals surface area contributed by atoms with Gasteiger partial charge in [0.15, 0.2) is 5.54 Å². The fourth-order valence-electron chi connectivity index (χ4n) is 2.82. The number of hydrazine groups is 1. The molecule has 1 fully saturated rings. The van der Waals surface area contributed by atoms with Crippen LogP contribution in [-0.4, -0.2) is 42.3 Å². The van der Waals surface area contributed by atoms with Crippen molar-refractivity contribution in [2.45, 2.75) is 25.8 Å². The Balaban J connectivity index is 2.59. The molecule has 1 aromatic rings. The van der Waals surface area contributed by atoms with Crippen LogP contribution in [0.1, 0.15) is 24.5 Å². The number of carbonyl (C=O) groups is 3. The molecule has 0 aromatic heterocycles. The van der Waals surface area contributed by atoms with E-state index in [1.54, 1.807) is 19.1 Å². The molecule has 3 amide bonds. The summed E-state index contributed by atoms with van der Waals surface area (Å²) in [5.74, 6) is -0.512. The highest BCUT2D eigenvalue weighted by molar-refractivity contribution is 6.06. The van der Waals surface area contributed by atoms with E-state index in [2.05, 4.69) is 4.74 Å². The number of imide groups is 1. The molecule has 0 bridgehead atoms. The van der Waals surface area contributed by atoms with Crippen molar-refractivity contribution < 1.29 is 23.9 Å². The maximum atomic E-state index is 12.7. The van der Waals surface area contributed by atoms with Crippen LogP contribution in [0.3, 0.4) is 0 Å². The largest absolute Gasteiger partial charge is 0.451 e. The second kappa shape index (κ2) is 5.67. The maximum absolute atomic E-state index is 12.7. The maximum Gasteiger partial charge on any atom is 0.436 e. The van der Waals surface area contributed by atoms with Crippen LogP contribution in [0.25, 0.3) is 0 Å². The molecule has 7 nitrogen and oxygen atoms in total. The molecule has 0 saturated carbocycles. The number of nitrogens with zero attached hydrogens (tertiary/aromatic N) is 2. The lowest BCUT2D eigenvalue weighted by Gasteiger charge is -2.54. The highest BCUT2D eigenvalue weighted by atomic mass is 16.6. The Bertz CT molecular complexity index is 630. The molecule has 7 heteroatoms. The van der Waals surface area contributed by atoms with Gasteiger partial charge in [0.1, 0.15) is 0 Å². The first-order valence-electron chi connectivity index (χ1n) is 6.82. The molecule has 0 radical (unpaired) electrons. The van der Waals surface area contributed by atoms with Crippen LogP contribution < -0.4 is 0 Å². The molecule has 1 aliphatic rings. The monoisotopic (exact) mass is 306 g/mol. The zero-order valence-electron chi connectivity index (χ0n) is 13.0. The van der Waals surface area contributed by atoms with Gasteiger partial charge in [-0.2, -0.15) is 5.01 Å². The number of ether oxygens (including phenoxy) is 2. The van der Waals surface area contributed by atoms with Crippen molar-refractivity contribution >= 4 is 18.1 Å². The molecule has 22 heavy (non-hydrogen) atoms. The number of benzene rings is 1. The quantitative estimate of drug-likeness (QED) is 0.837. The van der Waals surface area contributed by atoms with Crippen molar-refractivity contribution in [2.24, 2.45) is 0 Å². The van der Waals surface area contributed by atoms with Gasteiger partial charge in [0.2, 0.25) is 0 Å². The fraction of sp³-hybridized carbons (Fsp3) is 0.400. The number of methoxy groups -OCH3 is 2. The van der Waals surface area contributed by atoms with E-state index in [4.69, 9.17) is 4.74 Å². The molecule has 2 rings (SSSR count). The van der Waals surface area contributed by atoms with E-state index in [0.717, 1.165) is 17.7 Å². The zero-order chi connectivity index (χ0) is 16.5. The standard InChI is InChI=1S/C15H18N2O5/c1-5-15(11-9-7-6-8-10(11)2)12(18)16(13(19)21-3)17(15)14(20)22-4/h6-9H,5H2,1-4H3/t15-/m1/s1. The highest BCUT2D eigenvalue weighted by Gasteiger charge is 2.65. The molecular weight excluding hydrogens is 288 g/mol. The molecule has 1 aromatic carbocycles. The minimum atomic E-state index is -1.26. The average Bonchev–Trinajstić information content (AvgIpc) is 2.53. The Morgan fingerprint density at radius 1 is 1.14 bits per heavy atom. The lowest BCUT2D eigenvalue weighted by atomic mass is 9.79. The fourth-order valence-corrected chi connectivity index (χ4v) is 2.82. The first kappa shape index (κ1) is 15.8. The van der Waals surface area contributed by atoms with Crippen molar-refractivity contribution in [1.82, 2.24) is 10.0 Å². The zero-order valence-corrected chi connectivity index (χ0v) is 13.0. The van der Waals surface area contributed by atoms with E-state index in [9.17, 15) is 14.4 Å². The van der Waals surface area contributed by atoms with Crippen molar-refractivity contribution in [3.8, 4) is 0 Å². The summed E-state index contributed by atoms with van der Waals surface area (Å²) in [7, 11) is 2.34. The average molecular weight is 306 g/mol. The predicted molar refractivity (Wildman–Crippen MR) is 76.6 cm³/mol. The van der Waals surface area contributed by atoms with Crippen LogP contribution in [-0.2, 0) is 19.8 Å². The van der Waals surface area contributed by atoms with E-state index in [1.807, 2.05) is 19.1 Å². The summed E-state index contributed by atoms with van der Waals surface area (Å²) >= 11 is 0. The van der Waals surface area contributed by atoms with Gasteiger partial charge in [0.05, 0.1) is 14.2 Å². The third-order valence-corrected chi connectivity index (χ3v) is 3.91. The predicted octanol–water partition coefficient (Wildman–Crippen LogP) is 2.19. The SMILES string of the molecule is CC[C@@]1(c2ccccc2C)C(=O)N(C(=O)OC)N1C(=O)OC. The summed E-state index contributed by atoms with van der Waals surface area (Å²) in [6, 6.07) is 7.23. The third-order valence-electron chi connectivity index (χ3n) is 3.91. The van der Waals surface area contributed by atoms with Gasteiger partial charge >= 0.3 is 12.2 Å². The number of carbonyl (C=O) groups excluding carboxylic acids is 3. The molecule has 1 atom stereocenters. The van der Waals surface area contributed by atoms with Crippen molar-refractivity contribution in [3.63, 3.8) is 0 Å². The number of rotatable bonds is 2. The van der Waals surface area contributed by atoms with Crippen molar-refractivity contribution in [1.29, 1.82) is 0 Å². The lowest BCUT2D eigenvalue weighted by Crippen LogP contribution is -2.77. The first-order chi connectivity index (χ1) is 10.4. The van der Waals surface area contributed by atoms with Crippen LogP contribution in [0, 0.1) is 6.92 Å². The number of amides is 3. The van der Waals surface area contributed by atoms with Gasteiger partial charge in [-0.25, -0.2) is 9.59 Å². The van der Waals surface area contributed by atoms with Crippen LogP contribution in [0.5, 0.6) is 0 Å². The van der Waals surface area contributed by atoms with Crippen LogP contribution in [0.15, 0.2) is 24.3 Å². The summed E-state index contributed by atoms with van der Waals surface area (Å²) in [5, 5.41) is 1.69. The topological polar surface area (TPSA) is 76.2 Å². The number of hydrogen-bond donors (Lipinski definition) is 0. The summed E-state index contributed by atoms with van der Waals surface area (Å²) in [6.07, 6.45) is -1.41. The molecule has 1 heterocycles. The molecule has 118 valence electrons. The van der Waals surface area contributed by atoms with E-state index in [-0.39, 0.29) is 0 Å². The normalized spacial score (nSPS) is 20.5. The van der Waals surface area contributed by atoms with Gasteiger partial charge < -0.3 is 9.47 Å². The molecule has 1 saturated heterocycles. The van der Waals surface area contributed by atoms with Gasteiger partial charge in [-0.15, -0.1) is 5.01 Å². The van der Waals surface area contributed by atoms with Crippen LogP contribution in [0.4, 0.5) is 9.59 Å². The van der Waals surface area contributed by atoms with Crippen molar-refractivity contribution in [3.05, 3.63) is 35.4 Å². The summed E-state index contributed by atoms with van der Waals surface area (Å²) in [4.78, 5) is 36.6. The second-order valence-corrected chi connectivity index (χ2v) is 4.90. The molecule has 0 unspecified atom stereocenters. The first-order valence-corrected chi connectivity index (χ1v) is 6.82. The molecule has 0 aliphatic carbocycles. The Hall–Kier alpha value is -2.57. The Kier molecular flexibility index (Phi) is 4.07. The van der Waals surface area contributed by atoms with Gasteiger partial charge in [0, 0.05) is 0 Å². The van der Waals surface area contributed by atoms with E-state index < -0.39 is 23.6 Å². The third kappa shape index (κ3) is 1.93. The Morgan fingerprint density at radius 3 is 2.23 bits per heavy atom. The minimum absolute atomic E-state index is 0.305. The number of hydrogen-bond acceptors (Lipinski definition) is 5. The molecule has 0 spiro atoms. The molecule has 1 aliphatic heterocycles. The van der Waals surface area contributed by atoms with Gasteiger partial charge in [-0.1, -0.05) is 31.2 Å². The van der Waals surface area contributed by atoms with Gasteiger partial charge in [0.25, 0.3) is 5.91 Å². The smallest absolute Gasteiger partial charge is 0.436 e. The van der Waals surface area contributed by atoms with Crippen LogP contribution >= 0.6 is 0 Å².